The van der Waals surface area contributed by atoms with E-state index in [9.17, 15) is 4.79 Å². The summed E-state index contributed by atoms with van der Waals surface area (Å²) in [4.78, 5) is 12.3. The van der Waals surface area contributed by atoms with Crippen LogP contribution in [0.4, 0.5) is 0 Å². The lowest BCUT2D eigenvalue weighted by Gasteiger charge is -2.35. The number of hydrogen-bond donors (Lipinski definition) is 2. The average molecular weight is 244 g/mol. The second kappa shape index (κ2) is 4.73. The molecular weight excluding hydrogens is 224 g/mol. The molecule has 0 bridgehead atoms. The van der Waals surface area contributed by atoms with Crippen molar-refractivity contribution in [2.45, 2.75) is 38.3 Å². The van der Waals surface area contributed by atoms with E-state index in [4.69, 9.17) is 0 Å². The summed E-state index contributed by atoms with van der Waals surface area (Å²) < 4.78 is 0. The van der Waals surface area contributed by atoms with Crippen molar-refractivity contribution in [3.05, 3.63) is 35.4 Å². The second-order valence-corrected chi connectivity index (χ2v) is 5.66. The van der Waals surface area contributed by atoms with E-state index in [0.29, 0.717) is 6.04 Å². The van der Waals surface area contributed by atoms with Crippen LogP contribution in [0, 0.1) is 5.92 Å². The van der Waals surface area contributed by atoms with Crippen molar-refractivity contribution in [1.82, 2.24) is 10.6 Å². The molecule has 1 saturated carbocycles. The third-order valence-electron chi connectivity index (χ3n) is 4.13. The zero-order valence-corrected chi connectivity index (χ0v) is 10.8. The van der Waals surface area contributed by atoms with E-state index in [-0.39, 0.29) is 11.8 Å². The van der Waals surface area contributed by atoms with E-state index in [2.05, 4.69) is 29.7 Å². The Kier molecular flexibility index (Phi) is 3.08. The molecule has 0 aromatic heterocycles. The molecule has 96 valence electrons. The van der Waals surface area contributed by atoms with Gasteiger partial charge in [0.1, 0.15) is 0 Å². The van der Waals surface area contributed by atoms with Crippen molar-refractivity contribution in [3.63, 3.8) is 0 Å². The molecule has 0 saturated heterocycles. The molecule has 1 fully saturated rings. The Morgan fingerprint density at radius 2 is 2.11 bits per heavy atom. The van der Waals surface area contributed by atoms with Gasteiger partial charge in [0.15, 0.2) is 0 Å². The van der Waals surface area contributed by atoms with Crippen LogP contribution in [0.2, 0.25) is 0 Å². The standard InChI is InChI=1S/C15H20N2O/c1-10-6-12(7-10)17-15(18)14-9-16-8-11-4-2-3-5-13(11)14/h2-5,10,12,14,16H,6-9H2,1H3,(H,17,18). The van der Waals surface area contributed by atoms with Gasteiger partial charge >= 0.3 is 0 Å². The number of carbonyl (C=O) groups excluding carboxylic acids is 1. The minimum absolute atomic E-state index is 0.0224. The minimum Gasteiger partial charge on any atom is -0.353 e. The van der Waals surface area contributed by atoms with Crippen molar-refractivity contribution >= 4 is 5.91 Å². The second-order valence-electron chi connectivity index (χ2n) is 5.66. The molecule has 1 aliphatic heterocycles. The van der Waals surface area contributed by atoms with Crippen LogP contribution in [0.5, 0.6) is 0 Å². The predicted molar refractivity (Wildman–Crippen MR) is 71.2 cm³/mol. The maximum atomic E-state index is 12.3. The van der Waals surface area contributed by atoms with Gasteiger partial charge in [-0.3, -0.25) is 4.79 Å². The van der Waals surface area contributed by atoms with Crippen molar-refractivity contribution < 1.29 is 4.79 Å². The van der Waals surface area contributed by atoms with E-state index in [1.54, 1.807) is 0 Å². The zero-order chi connectivity index (χ0) is 12.5. The summed E-state index contributed by atoms with van der Waals surface area (Å²) in [6.07, 6.45) is 2.26. The van der Waals surface area contributed by atoms with Crippen LogP contribution < -0.4 is 10.6 Å². The summed E-state index contributed by atoms with van der Waals surface area (Å²) in [5.41, 5.74) is 2.45. The Bertz CT molecular complexity index is 452. The van der Waals surface area contributed by atoms with E-state index in [1.807, 2.05) is 12.1 Å². The van der Waals surface area contributed by atoms with Crippen LogP contribution in [0.1, 0.15) is 36.8 Å². The minimum atomic E-state index is -0.0224. The molecule has 1 aromatic rings. The van der Waals surface area contributed by atoms with Gasteiger partial charge in [-0.1, -0.05) is 31.2 Å². The fourth-order valence-electron chi connectivity index (χ4n) is 3.05. The zero-order valence-electron chi connectivity index (χ0n) is 10.8. The van der Waals surface area contributed by atoms with Crippen molar-refractivity contribution in [2.75, 3.05) is 6.54 Å². The van der Waals surface area contributed by atoms with Gasteiger partial charge in [0.25, 0.3) is 0 Å². The summed E-state index contributed by atoms with van der Waals surface area (Å²) in [6.45, 7) is 3.87. The molecule has 0 radical (unpaired) electrons. The smallest absolute Gasteiger partial charge is 0.229 e. The first-order valence-electron chi connectivity index (χ1n) is 6.83. The van der Waals surface area contributed by atoms with E-state index < -0.39 is 0 Å². The summed E-state index contributed by atoms with van der Waals surface area (Å²) in [7, 11) is 0. The van der Waals surface area contributed by atoms with Gasteiger partial charge in [-0.15, -0.1) is 0 Å². The lowest BCUT2D eigenvalue weighted by Crippen LogP contribution is -2.47. The number of carbonyl (C=O) groups is 1. The lowest BCUT2D eigenvalue weighted by atomic mass is 9.81. The van der Waals surface area contributed by atoms with Crippen LogP contribution in [0.15, 0.2) is 24.3 Å². The highest BCUT2D eigenvalue weighted by Gasteiger charge is 2.31. The van der Waals surface area contributed by atoms with Crippen LogP contribution in [-0.2, 0) is 11.3 Å². The van der Waals surface area contributed by atoms with Gasteiger partial charge in [0.2, 0.25) is 5.91 Å². The topological polar surface area (TPSA) is 41.1 Å². The maximum Gasteiger partial charge on any atom is 0.229 e. The summed E-state index contributed by atoms with van der Waals surface area (Å²) in [5, 5.41) is 6.51. The third kappa shape index (κ3) is 2.15. The summed E-state index contributed by atoms with van der Waals surface area (Å²) >= 11 is 0. The van der Waals surface area contributed by atoms with Crippen LogP contribution in [-0.4, -0.2) is 18.5 Å². The number of rotatable bonds is 2. The molecule has 3 heteroatoms. The van der Waals surface area contributed by atoms with Crippen LogP contribution in [0.3, 0.4) is 0 Å². The van der Waals surface area contributed by atoms with Gasteiger partial charge in [-0.25, -0.2) is 0 Å². The molecule has 3 rings (SSSR count). The number of hydrogen-bond acceptors (Lipinski definition) is 2. The Labute approximate surface area is 108 Å². The molecule has 2 N–H and O–H groups in total. The van der Waals surface area contributed by atoms with Crippen molar-refractivity contribution in [3.8, 4) is 0 Å². The molecule has 1 amide bonds. The molecule has 2 aliphatic rings. The molecule has 18 heavy (non-hydrogen) atoms. The highest BCUT2D eigenvalue weighted by Crippen LogP contribution is 2.28. The Morgan fingerprint density at radius 1 is 1.33 bits per heavy atom. The number of benzene rings is 1. The molecule has 1 aliphatic carbocycles. The predicted octanol–water partition coefficient (Wildman–Crippen LogP) is 1.79. The summed E-state index contributed by atoms with van der Waals surface area (Å²) in [5.74, 6) is 0.935. The molecule has 3 nitrogen and oxygen atoms in total. The monoisotopic (exact) mass is 244 g/mol. The first kappa shape index (κ1) is 11.7. The van der Waals surface area contributed by atoms with Crippen molar-refractivity contribution in [1.29, 1.82) is 0 Å². The molecule has 1 unspecified atom stereocenters. The first-order valence-corrected chi connectivity index (χ1v) is 6.83. The molecular formula is C15H20N2O. The molecule has 1 heterocycles. The van der Waals surface area contributed by atoms with E-state index >= 15 is 0 Å². The van der Waals surface area contributed by atoms with Gasteiger partial charge in [0.05, 0.1) is 5.92 Å². The number of nitrogens with one attached hydrogen (secondary N) is 2. The fraction of sp³-hybridized carbons (Fsp3) is 0.533. The van der Waals surface area contributed by atoms with Crippen LogP contribution >= 0.6 is 0 Å². The molecule has 1 aromatic carbocycles. The Balaban J connectivity index is 1.71. The van der Waals surface area contributed by atoms with Gasteiger partial charge in [-0.2, -0.15) is 0 Å². The third-order valence-corrected chi connectivity index (χ3v) is 4.13. The fourth-order valence-corrected chi connectivity index (χ4v) is 3.05. The van der Waals surface area contributed by atoms with E-state index in [1.165, 1.54) is 11.1 Å². The number of amides is 1. The largest absolute Gasteiger partial charge is 0.353 e. The SMILES string of the molecule is CC1CC(NC(=O)C2CNCc3ccccc32)C1. The first-order chi connectivity index (χ1) is 8.74. The highest BCUT2D eigenvalue weighted by molar-refractivity contribution is 5.85. The lowest BCUT2D eigenvalue weighted by molar-refractivity contribution is -0.124. The quantitative estimate of drug-likeness (QED) is 0.832. The van der Waals surface area contributed by atoms with E-state index in [0.717, 1.165) is 31.8 Å². The van der Waals surface area contributed by atoms with Gasteiger partial charge < -0.3 is 10.6 Å². The van der Waals surface area contributed by atoms with Crippen molar-refractivity contribution in [2.24, 2.45) is 5.92 Å². The highest BCUT2D eigenvalue weighted by atomic mass is 16.2. The Morgan fingerprint density at radius 3 is 2.89 bits per heavy atom. The Hall–Kier alpha value is -1.35. The number of fused-ring (bicyclic) bond motifs is 1. The molecule has 1 atom stereocenters. The molecule has 0 spiro atoms. The average Bonchev–Trinajstić information content (AvgIpc) is 2.36. The summed E-state index contributed by atoms with van der Waals surface area (Å²) in [6, 6.07) is 8.66. The normalized spacial score (nSPS) is 30.2. The van der Waals surface area contributed by atoms with Crippen LogP contribution in [0.25, 0.3) is 0 Å². The van der Waals surface area contributed by atoms with Gasteiger partial charge in [0, 0.05) is 19.1 Å². The maximum absolute atomic E-state index is 12.3. The van der Waals surface area contributed by atoms with Gasteiger partial charge in [-0.05, 0) is 29.9 Å².